The van der Waals surface area contributed by atoms with Gasteiger partial charge in [0.15, 0.2) is 0 Å². The molecule has 31 heavy (non-hydrogen) atoms. The Labute approximate surface area is 190 Å². The summed E-state index contributed by atoms with van der Waals surface area (Å²) in [5.41, 5.74) is 6.92. The lowest BCUT2D eigenvalue weighted by Crippen LogP contribution is -2.52. The summed E-state index contributed by atoms with van der Waals surface area (Å²) in [6.45, 7) is 13.9. The molecular weight excluding hydrogens is 378 g/mol. The average Bonchev–Trinajstić information content (AvgIpc) is 2.74. The van der Waals surface area contributed by atoms with E-state index in [1.165, 1.54) is 49.7 Å². The highest BCUT2D eigenvalue weighted by Gasteiger charge is 2.56. The molecule has 0 aliphatic heterocycles. The third kappa shape index (κ3) is 3.79. The van der Waals surface area contributed by atoms with E-state index in [-0.39, 0.29) is 16.7 Å². The molecule has 4 rings (SSSR count). The van der Waals surface area contributed by atoms with Crippen LogP contribution < -0.4 is 5.32 Å². The highest BCUT2D eigenvalue weighted by atomic mass is 16.2. The van der Waals surface area contributed by atoms with Gasteiger partial charge in [0.1, 0.15) is 0 Å². The first-order chi connectivity index (χ1) is 14.7. The third-order valence-corrected chi connectivity index (χ3v) is 9.50. The summed E-state index contributed by atoms with van der Waals surface area (Å²) >= 11 is 0. The van der Waals surface area contributed by atoms with Gasteiger partial charge in [0, 0.05) is 5.69 Å². The Kier molecular flexibility index (Phi) is 6.14. The zero-order valence-corrected chi connectivity index (χ0v) is 20.7. The fourth-order valence-electron chi connectivity index (χ4n) is 7.48. The van der Waals surface area contributed by atoms with E-state index >= 15 is 0 Å². The molecule has 0 bridgehead atoms. The number of allylic oxidation sites excluding steroid dienone is 2. The van der Waals surface area contributed by atoms with Crippen molar-refractivity contribution < 1.29 is 4.79 Å². The maximum absolute atomic E-state index is 13.9. The Morgan fingerprint density at radius 3 is 2.65 bits per heavy atom. The van der Waals surface area contributed by atoms with Crippen LogP contribution in [0.3, 0.4) is 0 Å². The van der Waals surface area contributed by atoms with Crippen LogP contribution in [0.4, 0.5) is 5.69 Å². The van der Waals surface area contributed by atoms with Crippen LogP contribution in [0.5, 0.6) is 0 Å². The Hall–Kier alpha value is -1.57. The van der Waals surface area contributed by atoms with E-state index in [2.05, 4.69) is 65.1 Å². The van der Waals surface area contributed by atoms with Gasteiger partial charge in [-0.2, -0.15) is 0 Å². The number of hydrogen-bond donors (Lipinski definition) is 1. The quantitative estimate of drug-likeness (QED) is 0.493. The number of nitrogens with one attached hydrogen (secondary N) is 1. The van der Waals surface area contributed by atoms with Crippen molar-refractivity contribution in [1.82, 2.24) is 0 Å². The van der Waals surface area contributed by atoms with Gasteiger partial charge < -0.3 is 5.32 Å². The van der Waals surface area contributed by atoms with Crippen LogP contribution >= 0.6 is 0 Å². The van der Waals surface area contributed by atoms with Gasteiger partial charge in [-0.05, 0) is 92.6 Å². The maximum atomic E-state index is 13.9. The molecule has 0 spiro atoms. The fourth-order valence-corrected chi connectivity index (χ4v) is 7.48. The Bertz CT molecular complexity index is 881. The number of carbonyl (C=O) groups excluding carboxylic acids is 1. The van der Waals surface area contributed by atoms with Crippen LogP contribution in [0.15, 0.2) is 29.3 Å². The van der Waals surface area contributed by atoms with Gasteiger partial charge in [-0.25, -0.2) is 0 Å². The van der Waals surface area contributed by atoms with E-state index < -0.39 is 0 Å². The third-order valence-electron chi connectivity index (χ3n) is 9.50. The van der Waals surface area contributed by atoms with Gasteiger partial charge in [0.05, 0.1) is 5.41 Å². The first-order valence-corrected chi connectivity index (χ1v) is 12.8. The van der Waals surface area contributed by atoms with Crippen LogP contribution in [0, 0.1) is 35.5 Å². The molecule has 1 fully saturated rings. The normalized spacial score (nSPS) is 33.1. The topological polar surface area (TPSA) is 29.1 Å². The van der Waals surface area contributed by atoms with Crippen molar-refractivity contribution >= 4 is 11.6 Å². The van der Waals surface area contributed by atoms with E-state index in [4.69, 9.17) is 0 Å². The molecule has 0 radical (unpaired) electrons. The zero-order valence-electron chi connectivity index (χ0n) is 20.7. The summed E-state index contributed by atoms with van der Waals surface area (Å²) in [7, 11) is 0. The Morgan fingerprint density at radius 2 is 1.94 bits per heavy atom. The van der Waals surface area contributed by atoms with Crippen LogP contribution in [-0.2, 0) is 11.2 Å². The second-order valence-corrected chi connectivity index (χ2v) is 11.5. The largest absolute Gasteiger partial charge is 0.325 e. The van der Waals surface area contributed by atoms with Gasteiger partial charge in [-0.1, -0.05) is 70.4 Å². The number of para-hydroxylation sites is 1. The van der Waals surface area contributed by atoms with Crippen molar-refractivity contribution in [2.24, 2.45) is 28.6 Å². The summed E-state index contributed by atoms with van der Waals surface area (Å²) in [4.78, 5) is 13.9. The summed E-state index contributed by atoms with van der Waals surface area (Å²) in [6, 6.07) is 6.37. The second-order valence-electron chi connectivity index (χ2n) is 11.5. The van der Waals surface area contributed by atoms with Crippen LogP contribution in [-0.4, -0.2) is 5.91 Å². The van der Waals surface area contributed by atoms with Crippen molar-refractivity contribution in [3.8, 4) is 0 Å². The second kappa shape index (κ2) is 8.41. The molecule has 2 heteroatoms. The number of aryl methyl sites for hydroxylation is 2. The standard InChI is InChI=1S/C29H43NO/c1-7-21-11-8-10-20(4)26(21)30-27(31)29(6)17-9-16-28(5)24-14-12-22(19(2)3)18-23(24)13-15-25(28)29/h8,10-11,19,22,25H,7,9,12-18H2,1-6H3,(H,30,31)/t22?,25?,28?,29-/m1/s1. The lowest BCUT2D eigenvalue weighted by atomic mass is 9.48. The van der Waals surface area contributed by atoms with E-state index in [0.717, 1.165) is 36.8 Å². The molecular formula is C29H43NO. The number of fused-ring (bicyclic) bond motifs is 2. The van der Waals surface area contributed by atoms with E-state index in [0.29, 0.717) is 5.92 Å². The first kappa shape index (κ1) is 22.6. The average molecular weight is 422 g/mol. The van der Waals surface area contributed by atoms with E-state index in [1.807, 2.05) is 0 Å². The van der Waals surface area contributed by atoms with Crippen molar-refractivity contribution in [1.29, 1.82) is 0 Å². The first-order valence-electron chi connectivity index (χ1n) is 12.8. The van der Waals surface area contributed by atoms with Crippen molar-refractivity contribution in [2.75, 3.05) is 5.32 Å². The highest BCUT2D eigenvalue weighted by molar-refractivity contribution is 5.97. The van der Waals surface area contributed by atoms with Crippen LogP contribution in [0.2, 0.25) is 0 Å². The SMILES string of the molecule is CCc1cccc(C)c1NC(=O)[C@]1(C)CCCC2(C)C3=C(CCC21)CC(C(C)C)CC3. The summed E-state index contributed by atoms with van der Waals surface area (Å²) in [5, 5.41) is 3.43. The van der Waals surface area contributed by atoms with Gasteiger partial charge in [-0.15, -0.1) is 0 Å². The predicted octanol–water partition coefficient (Wildman–Crippen LogP) is 7.86. The van der Waals surface area contributed by atoms with Crippen molar-refractivity contribution in [2.45, 2.75) is 99.3 Å². The molecule has 0 heterocycles. The molecule has 2 nitrogen and oxygen atoms in total. The lowest BCUT2D eigenvalue weighted by Gasteiger charge is -2.56. The van der Waals surface area contributed by atoms with Gasteiger partial charge >= 0.3 is 0 Å². The number of benzene rings is 1. The minimum Gasteiger partial charge on any atom is -0.325 e. The molecule has 0 saturated heterocycles. The molecule has 3 unspecified atom stereocenters. The lowest BCUT2D eigenvalue weighted by molar-refractivity contribution is -0.135. The molecule has 1 amide bonds. The molecule has 170 valence electrons. The zero-order chi connectivity index (χ0) is 22.4. The number of hydrogen-bond acceptors (Lipinski definition) is 1. The van der Waals surface area contributed by atoms with Crippen molar-refractivity contribution in [3.05, 3.63) is 40.5 Å². The molecule has 1 N–H and O–H groups in total. The molecule has 1 aromatic rings. The molecule has 3 aliphatic rings. The minimum atomic E-state index is -0.284. The Balaban J connectivity index is 1.63. The summed E-state index contributed by atoms with van der Waals surface area (Å²) < 4.78 is 0. The fraction of sp³-hybridized carbons (Fsp3) is 0.690. The molecule has 1 saturated carbocycles. The number of carbonyl (C=O) groups is 1. The summed E-state index contributed by atoms with van der Waals surface area (Å²) in [6.07, 6.45) is 10.7. The molecule has 4 atom stereocenters. The smallest absolute Gasteiger partial charge is 0.230 e. The molecule has 0 aromatic heterocycles. The summed E-state index contributed by atoms with van der Waals surface area (Å²) in [5.74, 6) is 2.35. The van der Waals surface area contributed by atoms with E-state index in [9.17, 15) is 4.79 Å². The Morgan fingerprint density at radius 1 is 1.16 bits per heavy atom. The maximum Gasteiger partial charge on any atom is 0.230 e. The van der Waals surface area contributed by atoms with Crippen LogP contribution in [0.25, 0.3) is 0 Å². The monoisotopic (exact) mass is 421 g/mol. The number of amides is 1. The van der Waals surface area contributed by atoms with Crippen LogP contribution in [0.1, 0.15) is 97.1 Å². The number of rotatable bonds is 4. The van der Waals surface area contributed by atoms with Crippen molar-refractivity contribution in [3.63, 3.8) is 0 Å². The highest BCUT2D eigenvalue weighted by Crippen LogP contribution is 2.62. The minimum absolute atomic E-state index is 0.208. The van der Waals surface area contributed by atoms with Gasteiger partial charge in [0.25, 0.3) is 0 Å². The molecule has 1 aromatic carbocycles. The van der Waals surface area contributed by atoms with E-state index in [1.54, 1.807) is 11.1 Å². The van der Waals surface area contributed by atoms with Gasteiger partial charge in [-0.3, -0.25) is 4.79 Å². The predicted molar refractivity (Wildman–Crippen MR) is 131 cm³/mol. The number of anilines is 1. The molecule has 3 aliphatic carbocycles. The van der Waals surface area contributed by atoms with Gasteiger partial charge in [0.2, 0.25) is 5.91 Å².